The van der Waals surface area contributed by atoms with Crippen molar-refractivity contribution in [2.24, 2.45) is 0 Å². The molecule has 0 aromatic carbocycles. The van der Waals surface area contributed by atoms with E-state index in [2.05, 4.69) is 15.3 Å². The van der Waals surface area contributed by atoms with Crippen molar-refractivity contribution in [3.63, 3.8) is 0 Å². The summed E-state index contributed by atoms with van der Waals surface area (Å²) in [5.74, 6) is 2.16. The molecule has 0 saturated heterocycles. The van der Waals surface area contributed by atoms with Crippen LogP contribution in [-0.2, 0) is 6.42 Å². The van der Waals surface area contributed by atoms with E-state index < -0.39 is 0 Å². The number of nitrogen functional groups attached to an aromatic ring is 1. The van der Waals surface area contributed by atoms with E-state index in [1.807, 2.05) is 20.9 Å². The Morgan fingerprint density at radius 1 is 1.42 bits per heavy atom. The predicted molar refractivity (Wildman–Crippen MR) is 50.1 cm³/mol. The zero-order valence-electron chi connectivity index (χ0n) is 7.68. The summed E-state index contributed by atoms with van der Waals surface area (Å²) in [5, 5.41) is 2.98. The predicted octanol–water partition coefficient (Wildman–Crippen LogP) is 0.971. The van der Waals surface area contributed by atoms with Crippen molar-refractivity contribution >= 4 is 11.6 Å². The van der Waals surface area contributed by atoms with Gasteiger partial charge in [0.05, 0.1) is 0 Å². The van der Waals surface area contributed by atoms with Crippen molar-refractivity contribution in [3.05, 3.63) is 11.4 Å². The van der Waals surface area contributed by atoms with Crippen LogP contribution >= 0.6 is 0 Å². The first-order chi connectivity index (χ1) is 5.69. The summed E-state index contributed by atoms with van der Waals surface area (Å²) in [5.41, 5.74) is 6.59. The van der Waals surface area contributed by atoms with E-state index in [1.165, 1.54) is 0 Å². The van der Waals surface area contributed by atoms with Gasteiger partial charge in [0.1, 0.15) is 17.5 Å². The lowest BCUT2D eigenvalue weighted by Crippen LogP contribution is -2.06. The van der Waals surface area contributed by atoms with Crippen molar-refractivity contribution in [1.29, 1.82) is 0 Å². The van der Waals surface area contributed by atoms with Gasteiger partial charge in [0.25, 0.3) is 0 Å². The van der Waals surface area contributed by atoms with E-state index >= 15 is 0 Å². The number of nitrogens with zero attached hydrogens (tertiary/aromatic N) is 2. The summed E-state index contributed by atoms with van der Waals surface area (Å²) in [6.07, 6.45) is 0.805. The van der Waals surface area contributed by atoms with Gasteiger partial charge in [-0.2, -0.15) is 0 Å². The molecular weight excluding hydrogens is 152 g/mol. The van der Waals surface area contributed by atoms with Crippen LogP contribution in [0.5, 0.6) is 0 Å². The molecule has 1 aromatic rings. The Bertz CT molecular complexity index is 283. The zero-order valence-corrected chi connectivity index (χ0v) is 7.68. The molecule has 0 radical (unpaired) electrons. The molecule has 0 saturated carbocycles. The van der Waals surface area contributed by atoms with Crippen LogP contribution in [0.1, 0.15) is 18.3 Å². The Labute approximate surface area is 72.2 Å². The summed E-state index contributed by atoms with van der Waals surface area (Å²) in [4.78, 5) is 8.39. The molecule has 0 amide bonds. The van der Waals surface area contributed by atoms with Crippen molar-refractivity contribution < 1.29 is 0 Å². The van der Waals surface area contributed by atoms with Crippen LogP contribution in [-0.4, -0.2) is 17.0 Å². The maximum Gasteiger partial charge on any atom is 0.134 e. The van der Waals surface area contributed by atoms with Gasteiger partial charge >= 0.3 is 0 Å². The molecule has 0 fully saturated rings. The Morgan fingerprint density at radius 3 is 2.58 bits per heavy atom. The lowest BCUT2D eigenvalue weighted by atomic mass is 10.3. The lowest BCUT2D eigenvalue weighted by molar-refractivity contribution is 0.938. The highest BCUT2D eigenvalue weighted by Gasteiger charge is 2.04. The second-order valence-corrected chi connectivity index (χ2v) is 2.60. The summed E-state index contributed by atoms with van der Waals surface area (Å²) < 4.78 is 0. The van der Waals surface area contributed by atoms with E-state index in [9.17, 15) is 0 Å². The van der Waals surface area contributed by atoms with Gasteiger partial charge < -0.3 is 11.1 Å². The van der Waals surface area contributed by atoms with Gasteiger partial charge in [0, 0.05) is 19.0 Å². The van der Waals surface area contributed by atoms with Crippen LogP contribution in [0, 0.1) is 6.92 Å². The third kappa shape index (κ3) is 1.47. The van der Waals surface area contributed by atoms with Crippen LogP contribution in [0.2, 0.25) is 0 Å². The first-order valence-electron chi connectivity index (χ1n) is 3.99. The van der Waals surface area contributed by atoms with Crippen LogP contribution in [0.4, 0.5) is 11.6 Å². The molecule has 1 heterocycles. The fraction of sp³-hybridized carbons (Fsp3) is 0.500. The maximum atomic E-state index is 5.68. The third-order valence-corrected chi connectivity index (χ3v) is 1.78. The molecule has 0 bridgehead atoms. The molecular formula is C8H14N4. The molecule has 66 valence electrons. The minimum Gasteiger partial charge on any atom is -0.383 e. The molecule has 0 aliphatic rings. The summed E-state index contributed by atoms with van der Waals surface area (Å²) >= 11 is 0. The second-order valence-electron chi connectivity index (χ2n) is 2.60. The van der Waals surface area contributed by atoms with Crippen LogP contribution in [0.25, 0.3) is 0 Å². The summed E-state index contributed by atoms with van der Waals surface area (Å²) in [7, 11) is 1.83. The molecule has 0 unspecified atom stereocenters. The Kier molecular flexibility index (Phi) is 2.47. The first kappa shape index (κ1) is 8.77. The SMILES string of the molecule is CCc1nc(N)c(C)c(NC)n1. The molecule has 4 heteroatoms. The van der Waals surface area contributed by atoms with E-state index in [-0.39, 0.29) is 0 Å². The molecule has 1 rings (SSSR count). The molecule has 12 heavy (non-hydrogen) atoms. The highest BCUT2D eigenvalue weighted by Crippen LogP contribution is 2.16. The zero-order chi connectivity index (χ0) is 9.14. The van der Waals surface area contributed by atoms with E-state index in [1.54, 1.807) is 0 Å². The maximum absolute atomic E-state index is 5.68. The van der Waals surface area contributed by atoms with Crippen molar-refractivity contribution in [2.45, 2.75) is 20.3 Å². The first-order valence-corrected chi connectivity index (χ1v) is 3.99. The minimum absolute atomic E-state index is 0.561. The van der Waals surface area contributed by atoms with Gasteiger partial charge in [-0.25, -0.2) is 9.97 Å². The Morgan fingerprint density at radius 2 is 2.08 bits per heavy atom. The Hall–Kier alpha value is -1.32. The monoisotopic (exact) mass is 166 g/mol. The van der Waals surface area contributed by atoms with Gasteiger partial charge in [-0.3, -0.25) is 0 Å². The number of nitrogens with two attached hydrogens (primary N) is 1. The number of hydrogen-bond donors (Lipinski definition) is 2. The van der Waals surface area contributed by atoms with Crippen molar-refractivity contribution in [2.75, 3.05) is 18.1 Å². The molecule has 4 nitrogen and oxygen atoms in total. The summed E-state index contributed by atoms with van der Waals surface area (Å²) in [6, 6.07) is 0. The highest BCUT2D eigenvalue weighted by atomic mass is 15.0. The molecule has 0 aliphatic heterocycles. The van der Waals surface area contributed by atoms with E-state index in [4.69, 9.17) is 5.73 Å². The van der Waals surface area contributed by atoms with E-state index in [0.717, 1.165) is 23.6 Å². The molecule has 0 atom stereocenters. The molecule has 3 N–H and O–H groups in total. The lowest BCUT2D eigenvalue weighted by Gasteiger charge is -2.07. The van der Waals surface area contributed by atoms with Crippen LogP contribution < -0.4 is 11.1 Å². The number of aromatic nitrogens is 2. The minimum atomic E-state index is 0.561. The number of hydrogen-bond acceptors (Lipinski definition) is 4. The van der Waals surface area contributed by atoms with Crippen LogP contribution in [0.15, 0.2) is 0 Å². The van der Waals surface area contributed by atoms with Crippen LogP contribution in [0.3, 0.4) is 0 Å². The van der Waals surface area contributed by atoms with E-state index in [0.29, 0.717) is 5.82 Å². The third-order valence-electron chi connectivity index (χ3n) is 1.78. The fourth-order valence-electron chi connectivity index (χ4n) is 0.984. The molecule has 0 aliphatic carbocycles. The van der Waals surface area contributed by atoms with Gasteiger partial charge in [0.15, 0.2) is 0 Å². The topological polar surface area (TPSA) is 63.8 Å². The van der Waals surface area contributed by atoms with Gasteiger partial charge in [-0.05, 0) is 6.92 Å². The summed E-state index contributed by atoms with van der Waals surface area (Å²) in [6.45, 7) is 3.91. The quantitative estimate of drug-likeness (QED) is 0.687. The average molecular weight is 166 g/mol. The normalized spacial score (nSPS) is 9.92. The Balaban J connectivity index is 3.19. The highest BCUT2D eigenvalue weighted by molar-refractivity contribution is 5.54. The van der Waals surface area contributed by atoms with Gasteiger partial charge in [-0.1, -0.05) is 6.92 Å². The number of nitrogens with one attached hydrogen (secondary N) is 1. The number of rotatable bonds is 2. The number of aryl methyl sites for hydroxylation is 1. The fourth-order valence-corrected chi connectivity index (χ4v) is 0.984. The molecule has 0 spiro atoms. The molecule has 1 aromatic heterocycles. The van der Waals surface area contributed by atoms with Gasteiger partial charge in [-0.15, -0.1) is 0 Å². The van der Waals surface area contributed by atoms with Crippen molar-refractivity contribution in [1.82, 2.24) is 9.97 Å². The van der Waals surface area contributed by atoms with Crippen molar-refractivity contribution in [3.8, 4) is 0 Å². The largest absolute Gasteiger partial charge is 0.383 e. The second kappa shape index (κ2) is 3.38. The number of anilines is 2. The average Bonchev–Trinajstić information content (AvgIpc) is 2.09. The standard InChI is InChI=1S/C8H14N4/c1-4-6-11-7(9)5(2)8(10-3)12-6/h4H2,1-3H3,(H3,9,10,11,12). The van der Waals surface area contributed by atoms with Gasteiger partial charge in [0.2, 0.25) is 0 Å². The smallest absolute Gasteiger partial charge is 0.134 e.